The third-order valence-electron chi connectivity index (χ3n) is 5.60. The second-order valence-corrected chi connectivity index (χ2v) is 7.41. The minimum Gasteiger partial charge on any atom is -0.396 e. The molecule has 24 heavy (non-hydrogen) atoms. The highest BCUT2D eigenvalue weighted by molar-refractivity contribution is 5.92. The molecule has 2 fully saturated rings. The van der Waals surface area contributed by atoms with Crippen LogP contribution < -0.4 is 5.32 Å². The van der Waals surface area contributed by atoms with Crippen LogP contribution >= 0.6 is 0 Å². The molecule has 1 saturated heterocycles. The number of hydrogen-bond donors (Lipinski definition) is 2. The lowest BCUT2D eigenvalue weighted by Gasteiger charge is -2.30. The van der Waals surface area contributed by atoms with Gasteiger partial charge >= 0.3 is 0 Å². The Kier molecular flexibility index (Phi) is 6.27. The number of anilines is 1. The van der Waals surface area contributed by atoms with Gasteiger partial charge in [-0.05, 0) is 68.3 Å². The zero-order valence-electron chi connectivity index (χ0n) is 14.5. The number of nitrogens with zero attached hydrogens (tertiary/aromatic N) is 1. The van der Waals surface area contributed by atoms with E-state index >= 15 is 0 Å². The van der Waals surface area contributed by atoms with Gasteiger partial charge in [0.05, 0.1) is 6.54 Å². The monoisotopic (exact) mass is 330 g/mol. The van der Waals surface area contributed by atoms with Crippen LogP contribution in [0.3, 0.4) is 0 Å². The number of nitrogens with one attached hydrogen (secondary N) is 1. The number of amides is 1. The highest BCUT2D eigenvalue weighted by Gasteiger charge is 2.20. The van der Waals surface area contributed by atoms with Crippen molar-refractivity contribution in [3.8, 4) is 0 Å². The van der Waals surface area contributed by atoms with Crippen LogP contribution in [0.1, 0.15) is 56.4 Å². The second kappa shape index (κ2) is 8.63. The van der Waals surface area contributed by atoms with Crippen LogP contribution in [-0.2, 0) is 4.79 Å². The lowest BCUT2D eigenvalue weighted by molar-refractivity contribution is -0.117. The minimum atomic E-state index is 0.0582. The molecule has 132 valence electrons. The molecule has 0 unspecified atom stereocenters. The van der Waals surface area contributed by atoms with Crippen LogP contribution in [0, 0.1) is 5.92 Å². The van der Waals surface area contributed by atoms with E-state index in [-0.39, 0.29) is 12.5 Å². The summed E-state index contributed by atoms with van der Waals surface area (Å²) in [5, 5.41) is 12.2. The number of aliphatic hydroxyl groups excluding tert-OH is 1. The Morgan fingerprint density at radius 1 is 1.04 bits per heavy atom. The summed E-state index contributed by atoms with van der Waals surface area (Å²) in [6.45, 7) is 2.52. The first-order valence-corrected chi connectivity index (χ1v) is 9.47. The van der Waals surface area contributed by atoms with Crippen LogP contribution in [0.2, 0.25) is 0 Å². The maximum atomic E-state index is 12.2. The molecule has 1 heterocycles. The molecule has 4 nitrogen and oxygen atoms in total. The Bertz CT molecular complexity index is 515. The summed E-state index contributed by atoms with van der Waals surface area (Å²) in [5.41, 5.74) is 2.31. The van der Waals surface area contributed by atoms with Gasteiger partial charge in [-0.2, -0.15) is 0 Å². The van der Waals surface area contributed by atoms with E-state index in [1.54, 1.807) is 0 Å². The van der Waals surface area contributed by atoms with Crippen molar-refractivity contribution in [3.05, 3.63) is 29.8 Å². The fourth-order valence-corrected chi connectivity index (χ4v) is 4.01. The van der Waals surface area contributed by atoms with Gasteiger partial charge in [-0.1, -0.05) is 31.4 Å². The molecular formula is C20H30N2O2. The fraction of sp³-hybridized carbons (Fsp3) is 0.650. The van der Waals surface area contributed by atoms with Crippen LogP contribution in [-0.4, -0.2) is 42.2 Å². The van der Waals surface area contributed by atoms with Gasteiger partial charge < -0.3 is 10.4 Å². The number of hydrogen-bond acceptors (Lipinski definition) is 3. The average Bonchev–Trinajstić information content (AvgIpc) is 2.64. The van der Waals surface area contributed by atoms with E-state index in [9.17, 15) is 9.90 Å². The van der Waals surface area contributed by atoms with E-state index in [4.69, 9.17) is 0 Å². The highest BCUT2D eigenvalue weighted by atomic mass is 16.3. The Hall–Kier alpha value is -1.39. The maximum absolute atomic E-state index is 12.2. The molecule has 1 saturated carbocycles. The lowest BCUT2D eigenvalue weighted by Crippen LogP contribution is -2.39. The first-order chi connectivity index (χ1) is 11.7. The van der Waals surface area contributed by atoms with Crippen molar-refractivity contribution < 1.29 is 9.90 Å². The lowest BCUT2D eigenvalue weighted by atomic mass is 9.84. The van der Waals surface area contributed by atoms with Gasteiger partial charge in [0.2, 0.25) is 5.91 Å². The molecule has 1 aliphatic carbocycles. The van der Waals surface area contributed by atoms with E-state index in [0.29, 0.717) is 18.4 Å². The van der Waals surface area contributed by atoms with Gasteiger partial charge in [0.15, 0.2) is 0 Å². The van der Waals surface area contributed by atoms with Gasteiger partial charge in [-0.25, -0.2) is 0 Å². The average molecular weight is 330 g/mol. The van der Waals surface area contributed by atoms with E-state index in [0.717, 1.165) is 31.6 Å². The number of carbonyl (C=O) groups excluding carboxylic acids is 1. The van der Waals surface area contributed by atoms with Gasteiger partial charge in [0.1, 0.15) is 0 Å². The maximum Gasteiger partial charge on any atom is 0.238 e. The van der Waals surface area contributed by atoms with Crippen LogP contribution in [0.5, 0.6) is 0 Å². The van der Waals surface area contributed by atoms with Crippen molar-refractivity contribution in [2.45, 2.75) is 50.9 Å². The molecule has 0 aromatic heterocycles. The molecule has 0 atom stereocenters. The standard InChI is InChI=1S/C20H30N2O2/c23-15-16-10-12-22(13-11-16)14-20(24)21-19-8-6-18(7-9-19)17-4-2-1-3-5-17/h6-9,16-17,23H,1-5,10-15H2,(H,21,24). The summed E-state index contributed by atoms with van der Waals surface area (Å²) in [7, 11) is 0. The summed E-state index contributed by atoms with van der Waals surface area (Å²) in [6, 6.07) is 8.44. The fourth-order valence-electron chi connectivity index (χ4n) is 4.01. The van der Waals surface area contributed by atoms with Gasteiger partial charge in [0, 0.05) is 12.3 Å². The minimum absolute atomic E-state index is 0.0582. The zero-order valence-corrected chi connectivity index (χ0v) is 14.5. The quantitative estimate of drug-likeness (QED) is 0.870. The number of benzene rings is 1. The van der Waals surface area contributed by atoms with Crippen LogP contribution in [0.4, 0.5) is 5.69 Å². The number of rotatable bonds is 5. The Labute approximate surface area is 145 Å². The van der Waals surface area contributed by atoms with E-state index in [1.165, 1.54) is 37.7 Å². The van der Waals surface area contributed by atoms with Crippen molar-refractivity contribution in [1.29, 1.82) is 0 Å². The van der Waals surface area contributed by atoms with E-state index in [2.05, 4.69) is 22.3 Å². The molecule has 0 radical (unpaired) electrons. The molecule has 1 aromatic rings. The molecule has 0 spiro atoms. The van der Waals surface area contributed by atoms with Gasteiger partial charge in [-0.15, -0.1) is 0 Å². The topological polar surface area (TPSA) is 52.6 Å². The zero-order chi connectivity index (χ0) is 16.8. The summed E-state index contributed by atoms with van der Waals surface area (Å²) in [5.74, 6) is 1.18. The molecule has 1 amide bonds. The third-order valence-corrected chi connectivity index (χ3v) is 5.60. The molecule has 0 bridgehead atoms. The van der Waals surface area contributed by atoms with E-state index in [1.807, 2.05) is 12.1 Å². The predicted octanol–water partition coefficient (Wildman–Crippen LogP) is 3.38. The van der Waals surface area contributed by atoms with Crippen molar-refractivity contribution >= 4 is 11.6 Å². The number of likely N-dealkylation sites (tertiary alicyclic amines) is 1. The Morgan fingerprint density at radius 3 is 2.33 bits per heavy atom. The molecular weight excluding hydrogens is 300 g/mol. The molecule has 4 heteroatoms. The molecule has 3 rings (SSSR count). The summed E-state index contributed by atoms with van der Waals surface area (Å²) >= 11 is 0. The Balaban J connectivity index is 1.46. The van der Waals surface area contributed by atoms with Gasteiger partial charge in [0.25, 0.3) is 0 Å². The SMILES string of the molecule is O=C(CN1CCC(CO)CC1)Nc1ccc(C2CCCCC2)cc1. The van der Waals surface area contributed by atoms with Crippen molar-refractivity contribution in [2.24, 2.45) is 5.92 Å². The molecule has 2 aliphatic rings. The number of carbonyl (C=O) groups is 1. The summed E-state index contributed by atoms with van der Waals surface area (Å²) < 4.78 is 0. The van der Waals surface area contributed by atoms with Gasteiger partial charge in [-0.3, -0.25) is 9.69 Å². The Morgan fingerprint density at radius 2 is 1.71 bits per heavy atom. The van der Waals surface area contributed by atoms with Crippen molar-refractivity contribution in [2.75, 3.05) is 31.6 Å². The first kappa shape index (κ1) is 17.4. The predicted molar refractivity (Wildman–Crippen MR) is 97.1 cm³/mol. The summed E-state index contributed by atoms with van der Waals surface area (Å²) in [6.07, 6.45) is 8.64. The second-order valence-electron chi connectivity index (χ2n) is 7.41. The number of aliphatic hydroxyl groups is 1. The number of piperidine rings is 1. The first-order valence-electron chi connectivity index (χ1n) is 9.47. The molecule has 2 N–H and O–H groups in total. The highest BCUT2D eigenvalue weighted by Crippen LogP contribution is 2.32. The summed E-state index contributed by atoms with van der Waals surface area (Å²) in [4.78, 5) is 14.4. The molecule has 1 aromatic carbocycles. The van der Waals surface area contributed by atoms with Crippen LogP contribution in [0.15, 0.2) is 24.3 Å². The largest absolute Gasteiger partial charge is 0.396 e. The van der Waals surface area contributed by atoms with Crippen LogP contribution in [0.25, 0.3) is 0 Å². The smallest absolute Gasteiger partial charge is 0.238 e. The van der Waals surface area contributed by atoms with Crippen molar-refractivity contribution in [3.63, 3.8) is 0 Å². The molecule has 1 aliphatic heterocycles. The van der Waals surface area contributed by atoms with Crippen molar-refractivity contribution in [1.82, 2.24) is 4.90 Å². The normalized spacial score (nSPS) is 20.9. The van der Waals surface area contributed by atoms with E-state index < -0.39 is 0 Å². The third kappa shape index (κ3) is 4.81.